The first-order valence-corrected chi connectivity index (χ1v) is 6.02. The summed E-state index contributed by atoms with van der Waals surface area (Å²) in [7, 11) is 0. The SMILES string of the molecule is O=C(NC1CCNCC1)c1cccc(F)c1Cl. The summed E-state index contributed by atoms with van der Waals surface area (Å²) < 4.78 is 13.2. The molecule has 5 heteroatoms. The Hall–Kier alpha value is -1.13. The Morgan fingerprint density at radius 3 is 2.82 bits per heavy atom. The summed E-state index contributed by atoms with van der Waals surface area (Å²) in [5.41, 5.74) is 0.199. The van der Waals surface area contributed by atoms with Gasteiger partial charge in [0.25, 0.3) is 5.91 Å². The van der Waals surface area contributed by atoms with Crippen LogP contribution in [0.5, 0.6) is 0 Å². The topological polar surface area (TPSA) is 41.1 Å². The van der Waals surface area contributed by atoms with Crippen LogP contribution in [0.25, 0.3) is 0 Å². The van der Waals surface area contributed by atoms with Crippen LogP contribution in [0.3, 0.4) is 0 Å². The van der Waals surface area contributed by atoms with Crippen LogP contribution < -0.4 is 10.6 Å². The largest absolute Gasteiger partial charge is 0.349 e. The molecule has 1 aliphatic heterocycles. The second kappa shape index (κ2) is 5.47. The molecule has 0 unspecified atom stereocenters. The standard InChI is InChI=1S/C12H14ClFN2O/c13-11-9(2-1-3-10(11)14)12(17)16-8-4-6-15-7-5-8/h1-3,8,15H,4-7H2,(H,16,17). The van der Waals surface area contributed by atoms with Crippen molar-refractivity contribution in [3.63, 3.8) is 0 Å². The molecule has 1 fully saturated rings. The molecule has 2 rings (SSSR count). The maximum Gasteiger partial charge on any atom is 0.253 e. The highest BCUT2D eigenvalue weighted by Gasteiger charge is 2.18. The van der Waals surface area contributed by atoms with Crippen molar-refractivity contribution in [2.24, 2.45) is 0 Å². The fourth-order valence-electron chi connectivity index (χ4n) is 1.91. The molecule has 0 saturated carbocycles. The smallest absolute Gasteiger partial charge is 0.253 e. The van der Waals surface area contributed by atoms with Crippen molar-refractivity contribution in [1.82, 2.24) is 10.6 Å². The van der Waals surface area contributed by atoms with Crippen molar-refractivity contribution in [1.29, 1.82) is 0 Å². The fraction of sp³-hybridized carbons (Fsp3) is 0.417. The number of hydrogen-bond acceptors (Lipinski definition) is 2. The van der Waals surface area contributed by atoms with Gasteiger partial charge in [-0.2, -0.15) is 0 Å². The number of benzene rings is 1. The average Bonchev–Trinajstić information content (AvgIpc) is 2.34. The van der Waals surface area contributed by atoms with Gasteiger partial charge in [-0.1, -0.05) is 17.7 Å². The predicted molar refractivity (Wildman–Crippen MR) is 64.8 cm³/mol. The van der Waals surface area contributed by atoms with Crippen LogP contribution in [0.4, 0.5) is 4.39 Å². The highest BCUT2D eigenvalue weighted by molar-refractivity contribution is 6.34. The van der Waals surface area contributed by atoms with Crippen molar-refractivity contribution in [2.75, 3.05) is 13.1 Å². The van der Waals surface area contributed by atoms with Gasteiger partial charge >= 0.3 is 0 Å². The van der Waals surface area contributed by atoms with E-state index in [0.717, 1.165) is 25.9 Å². The molecule has 92 valence electrons. The van der Waals surface area contributed by atoms with Gasteiger partial charge in [-0.15, -0.1) is 0 Å². The number of amides is 1. The van der Waals surface area contributed by atoms with Gasteiger partial charge in [0.1, 0.15) is 5.82 Å². The van der Waals surface area contributed by atoms with Gasteiger partial charge in [0, 0.05) is 6.04 Å². The summed E-state index contributed by atoms with van der Waals surface area (Å²) in [6.07, 6.45) is 1.78. The molecule has 0 aliphatic carbocycles. The molecule has 1 aliphatic rings. The van der Waals surface area contributed by atoms with Crippen LogP contribution in [-0.2, 0) is 0 Å². The lowest BCUT2D eigenvalue weighted by Gasteiger charge is -2.23. The van der Waals surface area contributed by atoms with E-state index in [4.69, 9.17) is 11.6 Å². The molecule has 1 aromatic rings. The Morgan fingerprint density at radius 2 is 2.12 bits per heavy atom. The zero-order valence-electron chi connectivity index (χ0n) is 9.30. The summed E-state index contributed by atoms with van der Waals surface area (Å²) in [6.45, 7) is 1.78. The molecule has 0 bridgehead atoms. The molecule has 1 saturated heterocycles. The van der Waals surface area contributed by atoms with E-state index in [2.05, 4.69) is 10.6 Å². The summed E-state index contributed by atoms with van der Waals surface area (Å²) in [6, 6.07) is 4.40. The molecule has 1 amide bonds. The zero-order valence-corrected chi connectivity index (χ0v) is 10.1. The minimum Gasteiger partial charge on any atom is -0.349 e. The van der Waals surface area contributed by atoms with Crippen molar-refractivity contribution >= 4 is 17.5 Å². The molecular weight excluding hydrogens is 243 g/mol. The quantitative estimate of drug-likeness (QED) is 0.849. The summed E-state index contributed by atoms with van der Waals surface area (Å²) >= 11 is 5.76. The number of carbonyl (C=O) groups is 1. The normalized spacial score (nSPS) is 16.8. The van der Waals surface area contributed by atoms with Crippen LogP contribution in [0.1, 0.15) is 23.2 Å². The van der Waals surface area contributed by atoms with E-state index in [1.165, 1.54) is 18.2 Å². The van der Waals surface area contributed by atoms with Gasteiger partial charge in [-0.05, 0) is 38.1 Å². The molecule has 0 spiro atoms. The number of halogens is 2. The molecule has 3 nitrogen and oxygen atoms in total. The Morgan fingerprint density at radius 1 is 1.41 bits per heavy atom. The third-order valence-corrected chi connectivity index (χ3v) is 3.25. The Labute approximate surface area is 104 Å². The zero-order chi connectivity index (χ0) is 12.3. The van der Waals surface area contributed by atoms with E-state index >= 15 is 0 Å². The van der Waals surface area contributed by atoms with Gasteiger partial charge in [-0.3, -0.25) is 4.79 Å². The van der Waals surface area contributed by atoms with E-state index in [0.29, 0.717) is 0 Å². The molecule has 2 N–H and O–H groups in total. The Balaban J connectivity index is 2.06. The Kier molecular flexibility index (Phi) is 3.97. The minimum absolute atomic E-state index is 0.112. The first kappa shape index (κ1) is 12.3. The van der Waals surface area contributed by atoms with E-state index in [-0.39, 0.29) is 22.5 Å². The Bertz CT molecular complexity index is 419. The van der Waals surface area contributed by atoms with Gasteiger partial charge in [0.15, 0.2) is 0 Å². The van der Waals surface area contributed by atoms with Crippen molar-refractivity contribution < 1.29 is 9.18 Å². The predicted octanol–water partition coefficient (Wildman–Crippen LogP) is 1.96. The van der Waals surface area contributed by atoms with E-state index in [9.17, 15) is 9.18 Å². The number of carbonyl (C=O) groups excluding carboxylic acids is 1. The summed E-state index contributed by atoms with van der Waals surface area (Å²) in [4.78, 5) is 11.9. The second-order valence-electron chi connectivity index (χ2n) is 4.10. The monoisotopic (exact) mass is 256 g/mol. The van der Waals surface area contributed by atoms with Crippen molar-refractivity contribution in [3.05, 3.63) is 34.6 Å². The lowest BCUT2D eigenvalue weighted by atomic mass is 10.1. The first-order valence-electron chi connectivity index (χ1n) is 5.64. The number of hydrogen-bond donors (Lipinski definition) is 2. The highest BCUT2D eigenvalue weighted by atomic mass is 35.5. The molecular formula is C12H14ClFN2O. The van der Waals surface area contributed by atoms with E-state index in [1.54, 1.807) is 0 Å². The van der Waals surface area contributed by atoms with Crippen LogP contribution in [-0.4, -0.2) is 25.0 Å². The molecule has 0 radical (unpaired) electrons. The second-order valence-corrected chi connectivity index (χ2v) is 4.48. The third-order valence-electron chi connectivity index (χ3n) is 2.87. The lowest BCUT2D eigenvalue weighted by molar-refractivity contribution is 0.0929. The fourth-order valence-corrected chi connectivity index (χ4v) is 2.12. The van der Waals surface area contributed by atoms with Gasteiger partial charge in [0.05, 0.1) is 10.6 Å². The first-order chi connectivity index (χ1) is 8.18. The number of nitrogens with one attached hydrogen (secondary N) is 2. The van der Waals surface area contributed by atoms with Crippen molar-refractivity contribution in [2.45, 2.75) is 18.9 Å². The molecule has 0 atom stereocenters. The van der Waals surface area contributed by atoms with Crippen molar-refractivity contribution in [3.8, 4) is 0 Å². The van der Waals surface area contributed by atoms with Crippen LogP contribution in [0, 0.1) is 5.82 Å². The van der Waals surface area contributed by atoms with Gasteiger partial charge < -0.3 is 10.6 Å². The van der Waals surface area contributed by atoms with E-state index < -0.39 is 5.82 Å². The van der Waals surface area contributed by atoms with Gasteiger partial charge in [0.2, 0.25) is 0 Å². The molecule has 1 heterocycles. The highest BCUT2D eigenvalue weighted by Crippen LogP contribution is 2.19. The lowest BCUT2D eigenvalue weighted by Crippen LogP contribution is -2.42. The van der Waals surface area contributed by atoms with E-state index in [1.807, 2.05) is 0 Å². The summed E-state index contributed by atoms with van der Waals surface area (Å²) in [5, 5.41) is 5.97. The number of rotatable bonds is 2. The number of piperidine rings is 1. The van der Waals surface area contributed by atoms with Crippen LogP contribution in [0.15, 0.2) is 18.2 Å². The van der Waals surface area contributed by atoms with Crippen LogP contribution >= 0.6 is 11.6 Å². The molecule has 17 heavy (non-hydrogen) atoms. The molecule has 0 aromatic heterocycles. The van der Waals surface area contributed by atoms with Gasteiger partial charge in [-0.25, -0.2) is 4.39 Å². The third kappa shape index (κ3) is 2.96. The summed E-state index contributed by atoms with van der Waals surface area (Å²) in [5.74, 6) is -0.869. The maximum atomic E-state index is 13.2. The maximum absolute atomic E-state index is 13.2. The average molecular weight is 257 g/mol. The molecule has 1 aromatic carbocycles. The van der Waals surface area contributed by atoms with Crippen LogP contribution in [0.2, 0.25) is 5.02 Å². The minimum atomic E-state index is -0.565.